The first kappa shape index (κ1) is 25.1. The lowest BCUT2D eigenvalue weighted by molar-refractivity contribution is -0.140. The van der Waals surface area contributed by atoms with Crippen molar-refractivity contribution in [2.24, 2.45) is 11.8 Å². The van der Waals surface area contributed by atoms with E-state index in [-0.39, 0.29) is 29.2 Å². The number of carbonyl (C=O) groups excluding carboxylic acids is 3. The molecule has 4 rings (SSSR count). The molecule has 3 heterocycles. The maximum absolute atomic E-state index is 13.9. The Morgan fingerprint density at radius 3 is 2.50 bits per heavy atom. The number of halogens is 1. The van der Waals surface area contributed by atoms with Crippen LogP contribution in [-0.2, 0) is 19.1 Å². The van der Waals surface area contributed by atoms with Crippen LogP contribution >= 0.6 is 15.9 Å². The number of rotatable bonds is 9. The number of hydrogen-bond acceptors (Lipinski definition) is 5. The second-order valence-corrected chi connectivity index (χ2v) is 10.9. The number of unbranched alkanes of at least 4 members (excludes halogenated alkanes) is 3. The molecule has 0 aromatic heterocycles. The van der Waals surface area contributed by atoms with Gasteiger partial charge in [-0.25, -0.2) is 0 Å². The molecular weight excluding hydrogens is 502 g/mol. The number of aliphatic hydroxyl groups is 1. The first-order valence-corrected chi connectivity index (χ1v) is 13.0. The third kappa shape index (κ3) is 4.05. The summed E-state index contributed by atoms with van der Waals surface area (Å²) in [5.74, 6) is -2.00. The van der Waals surface area contributed by atoms with Gasteiger partial charge in [0.05, 0.1) is 17.9 Å². The molecule has 0 saturated carbocycles. The summed E-state index contributed by atoms with van der Waals surface area (Å²) in [5.41, 5.74) is 1.59. The Bertz CT molecular complexity index is 952. The molecule has 0 radical (unpaired) electrons. The minimum Gasteiger partial charge on any atom is -0.396 e. The Morgan fingerprint density at radius 2 is 1.85 bits per heavy atom. The SMILES string of the molecule is CNC(=O)[C@H]1[C@@H]2OC3(CC2Br)C(C(=O)Nc2c(C)cccc2C)N(CCCCCCO)C(=O)[C@H]13. The van der Waals surface area contributed by atoms with Crippen LogP contribution in [0.1, 0.15) is 43.2 Å². The zero-order valence-electron chi connectivity index (χ0n) is 20.0. The van der Waals surface area contributed by atoms with Gasteiger partial charge in [0.15, 0.2) is 0 Å². The molecule has 6 atom stereocenters. The van der Waals surface area contributed by atoms with E-state index in [1.165, 1.54) is 0 Å². The number of hydrogen-bond donors (Lipinski definition) is 3. The molecule has 3 aliphatic rings. The van der Waals surface area contributed by atoms with E-state index in [1.807, 2.05) is 32.0 Å². The van der Waals surface area contributed by atoms with Gasteiger partial charge in [-0.2, -0.15) is 0 Å². The topological polar surface area (TPSA) is 108 Å². The van der Waals surface area contributed by atoms with E-state index in [0.717, 1.165) is 29.7 Å². The lowest BCUT2D eigenvalue weighted by Gasteiger charge is -2.34. The fourth-order valence-electron chi connectivity index (χ4n) is 6.09. The standard InChI is InChI=1S/C25H34BrN3O5/c1-14-9-8-10-15(2)19(14)28-23(32)21-25-13-16(26)20(34-25)17(22(31)27-3)18(25)24(33)29(21)11-6-4-5-7-12-30/h8-10,16-18,20-21,30H,4-7,11-13H2,1-3H3,(H,27,31)(H,28,32)/t16?,17-,18+,20-,21?,25?/m1/s1. The molecule has 3 N–H and O–H groups in total. The van der Waals surface area contributed by atoms with Gasteiger partial charge in [-0.1, -0.05) is 47.0 Å². The van der Waals surface area contributed by atoms with Crippen molar-refractivity contribution in [3.8, 4) is 0 Å². The third-order valence-electron chi connectivity index (χ3n) is 7.62. The number of alkyl halides is 1. The molecule has 3 saturated heterocycles. The number of para-hydroxylation sites is 1. The van der Waals surface area contributed by atoms with Crippen molar-refractivity contribution < 1.29 is 24.2 Å². The number of aliphatic hydroxyl groups excluding tert-OH is 1. The highest BCUT2D eigenvalue weighted by atomic mass is 79.9. The average Bonchev–Trinajstić information content (AvgIpc) is 3.39. The quantitative estimate of drug-likeness (QED) is 0.332. The van der Waals surface area contributed by atoms with Crippen LogP contribution in [0.4, 0.5) is 5.69 Å². The second-order valence-electron chi connectivity index (χ2n) is 9.70. The molecule has 3 fully saturated rings. The Hall–Kier alpha value is -1.97. The summed E-state index contributed by atoms with van der Waals surface area (Å²) in [7, 11) is 1.56. The van der Waals surface area contributed by atoms with Crippen LogP contribution < -0.4 is 10.6 Å². The molecule has 1 spiro atoms. The summed E-state index contributed by atoms with van der Waals surface area (Å²) in [5, 5.41) is 14.8. The molecule has 8 nitrogen and oxygen atoms in total. The van der Waals surface area contributed by atoms with Crippen LogP contribution in [0.15, 0.2) is 18.2 Å². The lowest BCUT2D eigenvalue weighted by Crippen LogP contribution is -2.54. The predicted molar refractivity (Wildman–Crippen MR) is 132 cm³/mol. The smallest absolute Gasteiger partial charge is 0.250 e. The summed E-state index contributed by atoms with van der Waals surface area (Å²) in [6.45, 7) is 4.44. The van der Waals surface area contributed by atoms with Crippen molar-refractivity contribution in [1.82, 2.24) is 10.2 Å². The maximum Gasteiger partial charge on any atom is 0.250 e. The molecule has 1 aromatic carbocycles. The van der Waals surface area contributed by atoms with Gasteiger partial charge < -0.3 is 25.4 Å². The Labute approximate surface area is 208 Å². The lowest BCUT2D eigenvalue weighted by atomic mass is 9.70. The third-order valence-corrected chi connectivity index (χ3v) is 8.47. The van der Waals surface area contributed by atoms with E-state index in [4.69, 9.17) is 9.84 Å². The van der Waals surface area contributed by atoms with Crippen molar-refractivity contribution in [2.75, 3.05) is 25.5 Å². The average molecular weight is 536 g/mol. The number of ether oxygens (including phenoxy) is 1. The molecule has 186 valence electrons. The molecule has 3 aliphatic heterocycles. The largest absolute Gasteiger partial charge is 0.396 e. The van der Waals surface area contributed by atoms with Gasteiger partial charge in [-0.3, -0.25) is 14.4 Å². The van der Waals surface area contributed by atoms with Crippen LogP contribution in [0.2, 0.25) is 0 Å². The highest BCUT2D eigenvalue weighted by molar-refractivity contribution is 9.09. The van der Waals surface area contributed by atoms with E-state index >= 15 is 0 Å². The van der Waals surface area contributed by atoms with E-state index in [9.17, 15) is 14.4 Å². The van der Waals surface area contributed by atoms with Crippen molar-refractivity contribution in [3.05, 3.63) is 29.3 Å². The van der Waals surface area contributed by atoms with Crippen molar-refractivity contribution >= 4 is 39.3 Å². The molecular formula is C25H34BrN3O5. The first-order valence-electron chi connectivity index (χ1n) is 12.1. The van der Waals surface area contributed by atoms with Crippen molar-refractivity contribution in [1.29, 1.82) is 0 Å². The highest BCUT2D eigenvalue weighted by Gasteiger charge is 2.76. The number of nitrogens with one attached hydrogen (secondary N) is 2. The van der Waals surface area contributed by atoms with Crippen LogP contribution in [0.3, 0.4) is 0 Å². The minimum atomic E-state index is -1.04. The molecule has 9 heteroatoms. The van der Waals surface area contributed by atoms with E-state index in [2.05, 4.69) is 26.6 Å². The fraction of sp³-hybridized carbons (Fsp3) is 0.640. The van der Waals surface area contributed by atoms with Crippen LogP contribution in [0.5, 0.6) is 0 Å². The summed E-state index contributed by atoms with van der Waals surface area (Å²) in [6, 6.07) is 5.01. The van der Waals surface area contributed by atoms with Gasteiger partial charge in [0.25, 0.3) is 0 Å². The van der Waals surface area contributed by atoms with Crippen LogP contribution in [-0.4, -0.2) is 70.5 Å². The predicted octanol–water partition coefficient (Wildman–Crippen LogP) is 2.29. The highest BCUT2D eigenvalue weighted by Crippen LogP contribution is 2.60. The fourth-order valence-corrected chi connectivity index (χ4v) is 7.03. The summed E-state index contributed by atoms with van der Waals surface area (Å²) in [6.07, 6.45) is 3.18. The van der Waals surface area contributed by atoms with Crippen LogP contribution in [0, 0.1) is 25.7 Å². The van der Waals surface area contributed by atoms with Gasteiger partial charge in [0, 0.05) is 30.7 Å². The van der Waals surface area contributed by atoms with E-state index < -0.39 is 29.6 Å². The summed E-state index contributed by atoms with van der Waals surface area (Å²) < 4.78 is 6.45. The number of carbonyl (C=O) groups is 3. The van der Waals surface area contributed by atoms with Crippen molar-refractivity contribution in [3.63, 3.8) is 0 Å². The minimum absolute atomic E-state index is 0.112. The van der Waals surface area contributed by atoms with E-state index in [0.29, 0.717) is 25.8 Å². The van der Waals surface area contributed by atoms with Gasteiger partial charge in [-0.05, 0) is 44.2 Å². The molecule has 34 heavy (non-hydrogen) atoms. The Morgan fingerprint density at radius 1 is 1.18 bits per heavy atom. The molecule has 1 aromatic rings. The van der Waals surface area contributed by atoms with Gasteiger partial charge in [0.1, 0.15) is 11.6 Å². The second kappa shape index (κ2) is 9.95. The maximum atomic E-state index is 13.9. The van der Waals surface area contributed by atoms with Gasteiger partial charge >= 0.3 is 0 Å². The normalized spacial score (nSPS) is 31.6. The van der Waals surface area contributed by atoms with Gasteiger partial charge in [-0.15, -0.1) is 0 Å². The molecule has 2 bridgehead atoms. The first-order chi connectivity index (χ1) is 16.3. The van der Waals surface area contributed by atoms with E-state index in [1.54, 1.807) is 11.9 Å². The molecule has 3 amide bonds. The summed E-state index contributed by atoms with van der Waals surface area (Å²) in [4.78, 5) is 42.0. The zero-order chi connectivity index (χ0) is 24.6. The zero-order valence-corrected chi connectivity index (χ0v) is 21.6. The number of likely N-dealkylation sites (tertiary alicyclic amines) is 1. The number of anilines is 1. The summed E-state index contributed by atoms with van der Waals surface area (Å²) >= 11 is 3.66. The monoisotopic (exact) mass is 535 g/mol. The number of aryl methyl sites for hydroxylation is 2. The number of fused-ring (bicyclic) bond motifs is 1. The Kier molecular flexibility index (Phi) is 7.36. The number of amides is 3. The molecule has 0 aliphatic carbocycles. The number of benzene rings is 1. The Balaban J connectivity index is 1.67. The van der Waals surface area contributed by atoms with Gasteiger partial charge in [0.2, 0.25) is 17.7 Å². The van der Waals surface area contributed by atoms with Crippen LogP contribution in [0.25, 0.3) is 0 Å². The number of nitrogens with zero attached hydrogens (tertiary/aromatic N) is 1. The van der Waals surface area contributed by atoms with Crippen molar-refractivity contribution in [2.45, 2.75) is 68.5 Å². The molecule has 3 unspecified atom stereocenters.